The summed E-state index contributed by atoms with van der Waals surface area (Å²) in [5, 5.41) is 0. The van der Waals surface area contributed by atoms with Crippen LogP contribution in [0.3, 0.4) is 0 Å². The van der Waals surface area contributed by atoms with Gasteiger partial charge in [-0.1, -0.05) is 19.6 Å². The topological polar surface area (TPSA) is 3.24 Å². The molecule has 0 saturated heterocycles. The van der Waals surface area contributed by atoms with Crippen molar-refractivity contribution in [1.82, 2.24) is 4.90 Å². The zero-order chi connectivity index (χ0) is 7.98. The Bertz CT molecular complexity index is 116. The second-order valence-electron chi connectivity index (χ2n) is 2.47. The Morgan fingerprint density at radius 3 is 2.50 bits per heavy atom. The molecule has 0 fully saturated rings. The second kappa shape index (κ2) is 5.10. The quantitative estimate of drug-likeness (QED) is 0.529. The highest BCUT2D eigenvalue weighted by molar-refractivity contribution is 4.91. The first-order valence-corrected chi connectivity index (χ1v) is 3.73. The molecule has 0 spiro atoms. The fourth-order valence-electron chi connectivity index (χ4n) is 0.864. The maximum atomic E-state index is 3.87. The Hall–Kier alpha value is -0.720. The molecule has 0 aliphatic heterocycles. The van der Waals surface area contributed by atoms with Crippen molar-refractivity contribution < 1.29 is 0 Å². The fourth-order valence-corrected chi connectivity index (χ4v) is 0.864. The molecule has 58 valence electrons. The van der Waals surface area contributed by atoms with Crippen LogP contribution in [0, 0.1) is 0 Å². The van der Waals surface area contributed by atoms with Gasteiger partial charge in [-0.2, -0.15) is 0 Å². The van der Waals surface area contributed by atoms with Gasteiger partial charge in [-0.25, -0.2) is 0 Å². The van der Waals surface area contributed by atoms with Crippen molar-refractivity contribution in [2.75, 3.05) is 13.1 Å². The highest BCUT2D eigenvalue weighted by Gasteiger charge is 1.97. The molecule has 0 rings (SSSR count). The molecule has 0 aliphatic rings. The van der Waals surface area contributed by atoms with Crippen LogP contribution in [0.5, 0.6) is 0 Å². The second-order valence-corrected chi connectivity index (χ2v) is 2.47. The van der Waals surface area contributed by atoms with Crippen molar-refractivity contribution in [1.29, 1.82) is 0 Å². The molecule has 0 amide bonds. The minimum Gasteiger partial charge on any atom is -0.372 e. The number of hydrogen-bond acceptors (Lipinski definition) is 1. The van der Waals surface area contributed by atoms with Gasteiger partial charge in [0.1, 0.15) is 0 Å². The van der Waals surface area contributed by atoms with Crippen molar-refractivity contribution in [3.05, 3.63) is 24.9 Å². The first kappa shape index (κ1) is 9.28. The van der Waals surface area contributed by atoms with E-state index in [4.69, 9.17) is 0 Å². The maximum absolute atomic E-state index is 3.87. The molecule has 0 radical (unpaired) electrons. The molecule has 10 heavy (non-hydrogen) atoms. The molecule has 0 unspecified atom stereocenters. The average Bonchev–Trinajstić information content (AvgIpc) is 1.87. The third kappa shape index (κ3) is 3.33. The van der Waals surface area contributed by atoms with E-state index in [1.54, 1.807) is 0 Å². The van der Waals surface area contributed by atoms with E-state index in [1.807, 2.05) is 13.0 Å². The van der Waals surface area contributed by atoms with Crippen LogP contribution in [0.2, 0.25) is 0 Å². The molecule has 0 aromatic carbocycles. The number of allylic oxidation sites excluding steroid dienone is 1. The molecule has 0 N–H and O–H groups in total. The Morgan fingerprint density at radius 2 is 2.20 bits per heavy atom. The maximum Gasteiger partial charge on any atom is 0.0353 e. The van der Waals surface area contributed by atoms with E-state index in [1.165, 1.54) is 6.42 Å². The zero-order valence-electron chi connectivity index (χ0n) is 7.06. The van der Waals surface area contributed by atoms with Crippen LogP contribution in [0.4, 0.5) is 0 Å². The van der Waals surface area contributed by atoms with Gasteiger partial charge < -0.3 is 4.90 Å². The van der Waals surface area contributed by atoms with Gasteiger partial charge >= 0.3 is 0 Å². The lowest BCUT2D eigenvalue weighted by Crippen LogP contribution is -2.21. The van der Waals surface area contributed by atoms with Crippen LogP contribution in [-0.2, 0) is 0 Å². The summed E-state index contributed by atoms with van der Waals surface area (Å²) in [6, 6.07) is 0. The van der Waals surface area contributed by atoms with Gasteiger partial charge in [-0.3, -0.25) is 0 Å². The average molecular weight is 139 g/mol. The normalized spacial score (nSPS) is 9.00. The highest BCUT2D eigenvalue weighted by Crippen LogP contribution is 2.00. The van der Waals surface area contributed by atoms with E-state index in [-0.39, 0.29) is 0 Å². The first-order chi connectivity index (χ1) is 4.72. The van der Waals surface area contributed by atoms with Crippen molar-refractivity contribution in [2.45, 2.75) is 20.3 Å². The highest BCUT2D eigenvalue weighted by atomic mass is 15.1. The first-order valence-electron chi connectivity index (χ1n) is 3.73. The van der Waals surface area contributed by atoms with Gasteiger partial charge in [0.25, 0.3) is 0 Å². The Balaban J connectivity index is 3.71. The lowest BCUT2D eigenvalue weighted by atomic mass is 10.3. The molecule has 0 bridgehead atoms. The minimum atomic E-state index is 0.920. The molecule has 0 atom stereocenters. The van der Waals surface area contributed by atoms with Crippen molar-refractivity contribution >= 4 is 0 Å². The number of nitrogens with zero attached hydrogens (tertiary/aromatic N) is 1. The summed E-state index contributed by atoms with van der Waals surface area (Å²) in [4.78, 5) is 2.22. The third-order valence-electron chi connectivity index (χ3n) is 1.38. The standard InChI is InChI=1S/C9H17N/c1-5-7-10(8-6-2)9(3)4/h5H,1,3,6-8H2,2,4H3. The number of rotatable bonds is 5. The number of hydrogen-bond donors (Lipinski definition) is 0. The molecule has 0 aromatic heterocycles. The third-order valence-corrected chi connectivity index (χ3v) is 1.38. The molecule has 0 aliphatic carbocycles. The van der Waals surface area contributed by atoms with E-state index in [9.17, 15) is 0 Å². The van der Waals surface area contributed by atoms with Crippen molar-refractivity contribution in [2.24, 2.45) is 0 Å². The smallest absolute Gasteiger partial charge is 0.0353 e. The SMILES string of the molecule is C=CCN(CCC)C(=C)C. The molecular weight excluding hydrogens is 122 g/mol. The summed E-state index contributed by atoms with van der Waals surface area (Å²) in [6.45, 7) is 13.8. The van der Waals surface area contributed by atoms with Crippen LogP contribution in [-0.4, -0.2) is 18.0 Å². The van der Waals surface area contributed by atoms with Crippen LogP contribution in [0.15, 0.2) is 24.9 Å². The molecular formula is C9H17N. The van der Waals surface area contributed by atoms with Crippen LogP contribution in [0.1, 0.15) is 20.3 Å². The monoisotopic (exact) mass is 139 g/mol. The van der Waals surface area contributed by atoms with Crippen molar-refractivity contribution in [3.63, 3.8) is 0 Å². The van der Waals surface area contributed by atoms with E-state index >= 15 is 0 Å². The minimum absolute atomic E-state index is 0.920. The van der Waals surface area contributed by atoms with E-state index in [0.717, 1.165) is 18.8 Å². The molecule has 1 nitrogen and oxygen atoms in total. The fraction of sp³-hybridized carbons (Fsp3) is 0.556. The molecule has 1 heteroatoms. The summed E-state index contributed by atoms with van der Waals surface area (Å²) in [5.74, 6) is 0. The van der Waals surface area contributed by atoms with Crippen molar-refractivity contribution in [3.8, 4) is 0 Å². The molecule has 0 aromatic rings. The van der Waals surface area contributed by atoms with E-state index in [0.29, 0.717) is 0 Å². The largest absolute Gasteiger partial charge is 0.372 e. The molecule has 0 saturated carbocycles. The Labute approximate surface area is 64.0 Å². The lowest BCUT2D eigenvalue weighted by molar-refractivity contribution is 0.382. The van der Waals surface area contributed by atoms with Crippen LogP contribution < -0.4 is 0 Å². The summed E-state index contributed by atoms with van der Waals surface area (Å²) < 4.78 is 0. The Morgan fingerprint density at radius 1 is 1.60 bits per heavy atom. The summed E-state index contributed by atoms with van der Waals surface area (Å²) >= 11 is 0. The van der Waals surface area contributed by atoms with Crippen LogP contribution in [0.25, 0.3) is 0 Å². The lowest BCUT2D eigenvalue weighted by Gasteiger charge is -2.21. The predicted molar refractivity (Wildman–Crippen MR) is 46.9 cm³/mol. The van der Waals surface area contributed by atoms with E-state index < -0.39 is 0 Å². The predicted octanol–water partition coefficient (Wildman–Crippen LogP) is 2.42. The van der Waals surface area contributed by atoms with Gasteiger partial charge in [0.15, 0.2) is 0 Å². The Kier molecular flexibility index (Phi) is 4.73. The van der Waals surface area contributed by atoms with Gasteiger partial charge in [-0.05, 0) is 13.3 Å². The van der Waals surface area contributed by atoms with Gasteiger partial charge in [0, 0.05) is 18.8 Å². The van der Waals surface area contributed by atoms with Gasteiger partial charge in [0.2, 0.25) is 0 Å². The zero-order valence-corrected chi connectivity index (χ0v) is 7.06. The van der Waals surface area contributed by atoms with Gasteiger partial charge in [-0.15, -0.1) is 6.58 Å². The van der Waals surface area contributed by atoms with E-state index in [2.05, 4.69) is 25.0 Å². The van der Waals surface area contributed by atoms with Gasteiger partial charge in [0.05, 0.1) is 0 Å². The molecule has 0 heterocycles. The van der Waals surface area contributed by atoms with Crippen LogP contribution >= 0.6 is 0 Å². The summed E-state index contributed by atoms with van der Waals surface area (Å²) in [5.41, 5.74) is 1.13. The summed E-state index contributed by atoms with van der Waals surface area (Å²) in [7, 11) is 0. The summed E-state index contributed by atoms with van der Waals surface area (Å²) in [6.07, 6.45) is 3.07.